The highest BCUT2D eigenvalue weighted by Gasteiger charge is 2.05. The number of carbonyl (C=O) groups is 2. The maximum absolute atomic E-state index is 10.4. The molecule has 0 unspecified atom stereocenters. The minimum absolute atomic E-state index is 0.321. The van der Waals surface area contributed by atoms with Crippen LogP contribution in [0.5, 0.6) is 0 Å². The summed E-state index contributed by atoms with van der Waals surface area (Å²) in [6, 6.07) is -1.38. The molecule has 8 nitrogen and oxygen atoms in total. The van der Waals surface area contributed by atoms with Crippen LogP contribution in [0.1, 0.15) is 12.8 Å². The number of primary amides is 2. The molecule has 82 valence electrons. The summed E-state index contributed by atoms with van der Waals surface area (Å²) in [6.07, 6.45) is 1.20. The highest BCUT2D eigenvalue weighted by Crippen LogP contribution is 1.92. The molecule has 0 rings (SSSR count). The molecule has 0 saturated heterocycles. The number of hydrogen-bond acceptors (Lipinski definition) is 4. The Balaban J connectivity index is 3.47. The van der Waals surface area contributed by atoms with Gasteiger partial charge in [0.15, 0.2) is 0 Å². The molecule has 0 aromatic rings. The topological polar surface area (TPSA) is 145 Å². The number of nitrogens with two attached hydrogens (primary N) is 4. The summed E-state index contributed by atoms with van der Waals surface area (Å²) in [7, 11) is 0. The van der Waals surface area contributed by atoms with Crippen LogP contribution in [0.25, 0.3) is 0 Å². The van der Waals surface area contributed by atoms with Gasteiger partial charge < -0.3 is 11.5 Å². The van der Waals surface area contributed by atoms with Crippen molar-refractivity contribution in [1.29, 1.82) is 0 Å². The van der Waals surface area contributed by atoms with Crippen molar-refractivity contribution in [3.8, 4) is 0 Å². The van der Waals surface area contributed by atoms with Crippen molar-refractivity contribution in [1.82, 2.24) is 10.0 Å². The van der Waals surface area contributed by atoms with Crippen LogP contribution in [0.4, 0.5) is 9.59 Å². The molecular formula is C6H16N6O2. The molecule has 0 fully saturated rings. The summed E-state index contributed by atoms with van der Waals surface area (Å²) in [5, 5.41) is 1.79. The van der Waals surface area contributed by atoms with Crippen LogP contribution in [0.2, 0.25) is 0 Å². The molecule has 0 saturated carbocycles. The minimum atomic E-state index is -0.690. The summed E-state index contributed by atoms with van der Waals surface area (Å²) >= 11 is 0. The molecular weight excluding hydrogens is 188 g/mol. The Morgan fingerprint density at radius 1 is 0.857 bits per heavy atom. The molecule has 0 aliphatic rings. The zero-order chi connectivity index (χ0) is 11.1. The Kier molecular flexibility index (Phi) is 5.34. The fourth-order valence-electron chi connectivity index (χ4n) is 0.785. The van der Waals surface area contributed by atoms with Gasteiger partial charge in [-0.25, -0.2) is 21.3 Å². The molecule has 0 bridgehead atoms. The second kappa shape index (κ2) is 6.00. The quantitative estimate of drug-likeness (QED) is 0.182. The predicted octanol–water partition coefficient (Wildman–Crippen LogP) is -1.72. The van der Waals surface area contributed by atoms with E-state index < -0.39 is 12.1 Å². The van der Waals surface area contributed by atoms with Crippen molar-refractivity contribution in [3.63, 3.8) is 0 Å². The van der Waals surface area contributed by atoms with Gasteiger partial charge in [-0.15, -0.1) is 0 Å². The molecule has 0 spiro atoms. The molecule has 8 heteroatoms. The van der Waals surface area contributed by atoms with Gasteiger partial charge in [-0.3, -0.25) is 10.0 Å². The predicted molar refractivity (Wildman–Crippen MR) is 50.2 cm³/mol. The summed E-state index contributed by atoms with van der Waals surface area (Å²) in [5.74, 6) is 10.4. The third-order valence-electron chi connectivity index (χ3n) is 1.61. The fraction of sp³-hybridized carbons (Fsp3) is 0.667. The van der Waals surface area contributed by atoms with Crippen LogP contribution in [0.15, 0.2) is 0 Å². The van der Waals surface area contributed by atoms with Crippen LogP contribution in [0.3, 0.4) is 0 Å². The second-order valence-corrected chi connectivity index (χ2v) is 2.77. The zero-order valence-corrected chi connectivity index (χ0v) is 7.85. The zero-order valence-electron chi connectivity index (χ0n) is 7.85. The number of hydrazine groups is 2. The molecule has 0 atom stereocenters. The van der Waals surface area contributed by atoms with E-state index in [9.17, 15) is 9.59 Å². The maximum atomic E-state index is 10.4. The van der Waals surface area contributed by atoms with E-state index in [1.807, 2.05) is 0 Å². The van der Waals surface area contributed by atoms with Crippen molar-refractivity contribution in [3.05, 3.63) is 0 Å². The lowest BCUT2D eigenvalue weighted by atomic mass is 10.3. The van der Waals surface area contributed by atoms with Crippen molar-refractivity contribution in [2.75, 3.05) is 13.1 Å². The van der Waals surface area contributed by atoms with Crippen LogP contribution in [-0.2, 0) is 0 Å². The number of nitrogens with zero attached hydrogens (tertiary/aromatic N) is 2. The van der Waals surface area contributed by atoms with Crippen molar-refractivity contribution < 1.29 is 9.59 Å². The van der Waals surface area contributed by atoms with E-state index in [-0.39, 0.29) is 0 Å². The molecule has 0 radical (unpaired) electrons. The maximum Gasteiger partial charge on any atom is 0.328 e. The molecule has 0 aliphatic heterocycles. The van der Waals surface area contributed by atoms with Crippen molar-refractivity contribution in [2.45, 2.75) is 12.8 Å². The molecule has 0 heterocycles. The van der Waals surface area contributed by atoms with E-state index in [0.29, 0.717) is 25.9 Å². The van der Waals surface area contributed by atoms with E-state index >= 15 is 0 Å². The molecule has 0 aliphatic carbocycles. The summed E-state index contributed by atoms with van der Waals surface area (Å²) in [5.41, 5.74) is 9.76. The highest BCUT2D eigenvalue weighted by atomic mass is 16.2. The second-order valence-electron chi connectivity index (χ2n) is 2.77. The average Bonchev–Trinajstić information content (AvgIpc) is 2.11. The monoisotopic (exact) mass is 204 g/mol. The molecule has 4 amide bonds. The van der Waals surface area contributed by atoms with Gasteiger partial charge >= 0.3 is 12.1 Å². The van der Waals surface area contributed by atoms with Gasteiger partial charge in [0.05, 0.1) is 0 Å². The molecule has 0 aromatic heterocycles. The van der Waals surface area contributed by atoms with Crippen molar-refractivity contribution in [2.24, 2.45) is 23.2 Å². The van der Waals surface area contributed by atoms with E-state index in [1.54, 1.807) is 0 Å². The van der Waals surface area contributed by atoms with E-state index in [4.69, 9.17) is 23.2 Å². The van der Waals surface area contributed by atoms with Crippen LogP contribution in [0, 0.1) is 0 Å². The van der Waals surface area contributed by atoms with Gasteiger partial charge in [0, 0.05) is 13.1 Å². The van der Waals surface area contributed by atoms with Gasteiger partial charge in [-0.2, -0.15) is 0 Å². The normalized spacial score (nSPS) is 9.57. The van der Waals surface area contributed by atoms with E-state index in [1.165, 1.54) is 0 Å². The van der Waals surface area contributed by atoms with Gasteiger partial charge in [0.25, 0.3) is 0 Å². The lowest BCUT2D eigenvalue weighted by Gasteiger charge is -2.15. The molecule has 8 N–H and O–H groups in total. The van der Waals surface area contributed by atoms with Crippen LogP contribution >= 0.6 is 0 Å². The summed E-state index contributed by atoms with van der Waals surface area (Å²) < 4.78 is 0. The average molecular weight is 204 g/mol. The van der Waals surface area contributed by atoms with Gasteiger partial charge in [-0.1, -0.05) is 0 Å². The van der Waals surface area contributed by atoms with E-state index in [0.717, 1.165) is 10.0 Å². The highest BCUT2D eigenvalue weighted by molar-refractivity contribution is 5.71. The van der Waals surface area contributed by atoms with Crippen molar-refractivity contribution >= 4 is 12.1 Å². The van der Waals surface area contributed by atoms with Gasteiger partial charge in [-0.05, 0) is 12.8 Å². The third kappa shape index (κ3) is 5.17. The number of unbranched alkanes of at least 4 members (excludes halogenated alkanes) is 1. The number of hydrogen-bond donors (Lipinski definition) is 4. The smallest absolute Gasteiger partial charge is 0.328 e. The Bertz CT molecular complexity index is 186. The van der Waals surface area contributed by atoms with Crippen LogP contribution < -0.4 is 23.2 Å². The lowest BCUT2D eigenvalue weighted by molar-refractivity contribution is 0.200. The molecule has 14 heavy (non-hydrogen) atoms. The first-order chi connectivity index (χ1) is 6.45. The fourth-order valence-corrected chi connectivity index (χ4v) is 0.785. The Labute approximate surface area is 81.7 Å². The number of carbonyl (C=O) groups excluding carboxylic acids is 2. The molecule has 0 aromatic carbocycles. The largest absolute Gasteiger partial charge is 0.350 e. The Morgan fingerprint density at radius 2 is 1.14 bits per heavy atom. The SMILES string of the molecule is NC(=O)N(N)CCCCN(N)C(N)=O. The first-order valence-electron chi connectivity index (χ1n) is 4.08. The first kappa shape index (κ1) is 12.5. The third-order valence-corrected chi connectivity index (χ3v) is 1.61. The Hall–Kier alpha value is -1.54. The van der Waals surface area contributed by atoms with E-state index in [2.05, 4.69) is 0 Å². The lowest BCUT2D eigenvalue weighted by Crippen LogP contribution is -2.43. The first-order valence-corrected chi connectivity index (χ1v) is 4.08. The van der Waals surface area contributed by atoms with Gasteiger partial charge in [0.2, 0.25) is 0 Å². The minimum Gasteiger partial charge on any atom is -0.350 e. The summed E-state index contributed by atoms with van der Waals surface area (Å²) in [6.45, 7) is 0.643. The number of urea groups is 2. The standard InChI is InChI=1S/C6H16N6O2/c7-5(13)11(9)3-1-2-4-12(10)6(8)14/h1-4,9-10H2,(H2,7,13)(H2,8,14). The number of rotatable bonds is 5. The van der Waals surface area contributed by atoms with Crippen LogP contribution in [-0.4, -0.2) is 35.2 Å². The number of amides is 4. The summed E-state index contributed by atoms with van der Waals surface area (Å²) in [4.78, 5) is 20.9. The Morgan fingerprint density at radius 3 is 1.36 bits per heavy atom. The van der Waals surface area contributed by atoms with Gasteiger partial charge in [0.1, 0.15) is 0 Å².